The first-order valence-electron chi connectivity index (χ1n) is 5.62. The number of carbonyl (C=O) groups is 1. The van der Waals surface area contributed by atoms with E-state index in [0.717, 1.165) is 6.07 Å². The summed E-state index contributed by atoms with van der Waals surface area (Å²) in [5.41, 5.74) is -0.788. The van der Waals surface area contributed by atoms with E-state index in [2.05, 4.69) is 15.3 Å². The largest absolute Gasteiger partial charge is 0.481 e. The van der Waals surface area contributed by atoms with Crippen LogP contribution in [-0.2, 0) is 11.0 Å². The summed E-state index contributed by atoms with van der Waals surface area (Å²) in [5.74, 6) is -1.45. The van der Waals surface area contributed by atoms with Gasteiger partial charge in [-0.3, -0.25) is 4.79 Å². The molecule has 0 saturated heterocycles. The monoisotopic (exact) mass is 277 g/mol. The molecule has 0 spiro atoms. The van der Waals surface area contributed by atoms with Crippen LogP contribution >= 0.6 is 0 Å². The van der Waals surface area contributed by atoms with Gasteiger partial charge in [-0.2, -0.15) is 13.2 Å². The predicted octanol–water partition coefficient (Wildman–Crippen LogP) is 2.51. The Morgan fingerprint density at radius 2 is 2.05 bits per heavy atom. The van der Waals surface area contributed by atoms with Crippen molar-refractivity contribution in [1.82, 2.24) is 9.97 Å². The standard InChI is InChI=1S/C11H14F3N3O2/c1-6(2)7-5-8(11(12,13)14)17-10(16-7)15-4-3-9(18)19/h5-6H,3-4H2,1-2H3,(H,18,19)(H,15,16,17). The highest BCUT2D eigenvalue weighted by molar-refractivity contribution is 5.67. The van der Waals surface area contributed by atoms with Crippen LogP contribution in [0.15, 0.2) is 6.07 Å². The molecule has 0 unspecified atom stereocenters. The second kappa shape index (κ2) is 5.85. The number of nitrogens with zero attached hydrogens (tertiary/aromatic N) is 2. The van der Waals surface area contributed by atoms with Gasteiger partial charge in [0.05, 0.1) is 6.42 Å². The number of carboxylic acid groups (broad SMARTS) is 1. The second-order valence-electron chi connectivity index (χ2n) is 4.22. The average Bonchev–Trinajstić information content (AvgIpc) is 2.26. The summed E-state index contributed by atoms with van der Waals surface area (Å²) in [7, 11) is 0. The molecule has 0 atom stereocenters. The number of hydrogen-bond donors (Lipinski definition) is 2. The van der Waals surface area contributed by atoms with Gasteiger partial charge in [0, 0.05) is 12.2 Å². The predicted molar refractivity (Wildman–Crippen MR) is 61.9 cm³/mol. The zero-order chi connectivity index (χ0) is 14.6. The highest BCUT2D eigenvalue weighted by atomic mass is 19.4. The number of carboxylic acids is 1. The number of alkyl halides is 3. The van der Waals surface area contributed by atoms with Crippen molar-refractivity contribution in [3.05, 3.63) is 17.5 Å². The van der Waals surface area contributed by atoms with Gasteiger partial charge < -0.3 is 10.4 Å². The van der Waals surface area contributed by atoms with E-state index >= 15 is 0 Å². The molecular weight excluding hydrogens is 263 g/mol. The van der Waals surface area contributed by atoms with Crippen LogP contribution in [0.4, 0.5) is 19.1 Å². The SMILES string of the molecule is CC(C)c1cc(C(F)(F)F)nc(NCCC(=O)O)n1. The molecule has 19 heavy (non-hydrogen) atoms. The molecule has 0 aliphatic rings. The summed E-state index contributed by atoms with van der Waals surface area (Å²) >= 11 is 0. The van der Waals surface area contributed by atoms with Crippen LogP contribution in [0.1, 0.15) is 37.6 Å². The third-order valence-corrected chi connectivity index (χ3v) is 2.25. The van der Waals surface area contributed by atoms with E-state index in [0.29, 0.717) is 0 Å². The fourth-order valence-electron chi connectivity index (χ4n) is 1.27. The Kier molecular flexibility index (Phi) is 4.68. The van der Waals surface area contributed by atoms with E-state index in [4.69, 9.17) is 5.11 Å². The van der Waals surface area contributed by atoms with Gasteiger partial charge in [-0.15, -0.1) is 0 Å². The van der Waals surface area contributed by atoms with Crippen molar-refractivity contribution in [2.75, 3.05) is 11.9 Å². The van der Waals surface area contributed by atoms with Crippen molar-refractivity contribution in [3.8, 4) is 0 Å². The van der Waals surface area contributed by atoms with Crippen molar-refractivity contribution in [2.24, 2.45) is 0 Å². The lowest BCUT2D eigenvalue weighted by molar-refractivity contribution is -0.141. The first kappa shape index (κ1) is 15.2. The summed E-state index contributed by atoms with van der Waals surface area (Å²) in [6.07, 6.45) is -4.79. The number of anilines is 1. The summed E-state index contributed by atoms with van der Waals surface area (Å²) < 4.78 is 37.9. The van der Waals surface area contributed by atoms with Gasteiger partial charge in [0.2, 0.25) is 5.95 Å². The highest BCUT2D eigenvalue weighted by Gasteiger charge is 2.33. The van der Waals surface area contributed by atoms with Crippen LogP contribution in [0, 0.1) is 0 Å². The zero-order valence-corrected chi connectivity index (χ0v) is 10.5. The van der Waals surface area contributed by atoms with Gasteiger partial charge in [0.1, 0.15) is 5.69 Å². The number of hydrogen-bond acceptors (Lipinski definition) is 4. The molecule has 0 radical (unpaired) electrons. The molecule has 106 valence electrons. The Hall–Kier alpha value is -1.86. The quantitative estimate of drug-likeness (QED) is 0.865. The van der Waals surface area contributed by atoms with Crippen LogP contribution in [0.5, 0.6) is 0 Å². The lowest BCUT2D eigenvalue weighted by Gasteiger charge is -2.12. The number of rotatable bonds is 5. The summed E-state index contributed by atoms with van der Waals surface area (Å²) in [4.78, 5) is 17.6. The molecule has 2 N–H and O–H groups in total. The molecule has 0 aliphatic heterocycles. The second-order valence-corrected chi connectivity index (χ2v) is 4.22. The molecular formula is C11H14F3N3O2. The Morgan fingerprint density at radius 1 is 1.42 bits per heavy atom. The third kappa shape index (κ3) is 4.72. The lowest BCUT2D eigenvalue weighted by atomic mass is 10.1. The highest BCUT2D eigenvalue weighted by Crippen LogP contribution is 2.29. The minimum Gasteiger partial charge on any atom is -0.481 e. The maximum Gasteiger partial charge on any atom is 0.433 e. The number of nitrogens with one attached hydrogen (secondary N) is 1. The van der Waals surface area contributed by atoms with Crippen molar-refractivity contribution in [1.29, 1.82) is 0 Å². The van der Waals surface area contributed by atoms with Crippen molar-refractivity contribution >= 4 is 11.9 Å². The zero-order valence-electron chi connectivity index (χ0n) is 10.5. The molecule has 0 amide bonds. The number of halogens is 3. The lowest BCUT2D eigenvalue weighted by Crippen LogP contribution is -2.15. The normalized spacial score (nSPS) is 11.7. The van der Waals surface area contributed by atoms with Crippen LogP contribution in [0.25, 0.3) is 0 Å². The van der Waals surface area contributed by atoms with E-state index < -0.39 is 17.8 Å². The van der Waals surface area contributed by atoms with Gasteiger partial charge in [0.25, 0.3) is 0 Å². The van der Waals surface area contributed by atoms with Crippen molar-refractivity contribution in [2.45, 2.75) is 32.4 Å². The number of aliphatic carboxylic acids is 1. The minimum atomic E-state index is -4.56. The molecule has 0 bridgehead atoms. The Bertz CT molecular complexity index is 461. The van der Waals surface area contributed by atoms with Crippen LogP contribution in [-0.4, -0.2) is 27.6 Å². The number of aromatic nitrogens is 2. The van der Waals surface area contributed by atoms with E-state index in [9.17, 15) is 18.0 Å². The van der Waals surface area contributed by atoms with Crippen molar-refractivity contribution < 1.29 is 23.1 Å². The van der Waals surface area contributed by atoms with Gasteiger partial charge in [-0.05, 0) is 12.0 Å². The molecule has 5 nitrogen and oxygen atoms in total. The summed E-state index contributed by atoms with van der Waals surface area (Å²) in [5, 5.41) is 10.9. The van der Waals surface area contributed by atoms with Crippen LogP contribution in [0.2, 0.25) is 0 Å². The average molecular weight is 277 g/mol. The topological polar surface area (TPSA) is 75.1 Å². The van der Waals surface area contributed by atoms with Crippen LogP contribution < -0.4 is 5.32 Å². The Labute approximate surface area is 107 Å². The maximum absolute atomic E-state index is 12.6. The van der Waals surface area contributed by atoms with E-state index in [-0.39, 0.29) is 30.5 Å². The molecule has 8 heteroatoms. The van der Waals surface area contributed by atoms with Gasteiger partial charge in [-0.1, -0.05) is 13.8 Å². The molecule has 0 aromatic carbocycles. The molecule has 0 aliphatic carbocycles. The smallest absolute Gasteiger partial charge is 0.433 e. The Balaban J connectivity index is 2.97. The van der Waals surface area contributed by atoms with E-state index in [1.807, 2.05) is 0 Å². The molecule has 0 saturated carbocycles. The third-order valence-electron chi connectivity index (χ3n) is 2.25. The van der Waals surface area contributed by atoms with Gasteiger partial charge in [0.15, 0.2) is 0 Å². The van der Waals surface area contributed by atoms with E-state index in [1.165, 1.54) is 0 Å². The molecule has 1 aromatic heterocycles. The molecule has 0 fully saturated rings. The molecule has 1 aromatic rings. The minimum absolute atomic E-state index is 0.0336. The Morgan fingerprint density at radius 3 is 2.53 bits per heavy atom. The summed E-state index contributed by atoms with van der Waals surface area (Å²) in [6, 6.07) is 0.896. The first-order chi connectivity index (χ1) is 8.70. The molecule has 1 rings (SSSR count). The fraction of sp³-hybridized carbons (Fsp3) is 0.545. The maximum atomic E-state index is 12.6. The van der Waals surface area contributed by atoms with Crippen molar-refractivity contribution in [3.63, 3.8) is 0 Å². The fourth-order valence-corrected chi connectivity index (χ4v) is 1.27. The summed E-state index contributed by atoms with van der Waals surface area (Å²) in [6.45, 7) is 3.39. The first-order valence-corrected chi connectivity index (χ1v) is 5.62. The van der Waals surface area contributed by atoms with E-state index in [1.54, 1.807) is 13.8 Å². The van der Waals surface area contributed by atoms with Gasteiger partial charge in [-0.25, -0.2) is 9.97 Å². The van der Waals surface area contributed by atoms with Crippen LogP contribution in [0.3, 0.4) is 0 Å². The molecule has 1 heterocycles. The van der Waals surface area contributed by atoms with Gasteiger partial charge >= 0.3 is 12.1 Å².